The summed E-state index contributed by atoms with van der Waals surface area (Å²) in [7, 11) is 0. The molecule has 0 aromatic heterocycles. The number of hydrogen-bond acceptors (Lipinski definition) is 3. The lowest BCUT2D eigenvalue weighted by atomic mass is 9.99. The van der Waals surface area contributed by atoms with Crippen LogP contribution in [-0.2, 0) is 0 Å². The summed E-state index contributed by atoms with van der Waals surface area (Å²) >= 11 is 14.3. The van der Waals surface area contributed by atoms with Crippen LogP contribution in [0.3, 0.4) is 0 Å². The van der Waals surface area contributed by atoms with Gasteiger partial charge in [-0.1, -0.05) is 30.1 Å². The normalized spacial score (nSPS) is 19.3. The van der Waals surface area contributed by atoms with Gasteiger partial charge in [-0.2, -0.15) is 11.8 Å². The Morgan fingerprint density at radius 2 is 2.25 bits per heavy atom. The molecule has 2 rings (SSSR count). The van der Waals surface area contributed by atoms with Gasteiger partial charge in [0, 0.05) is 29.1 Å². The highest BCUT2D eigenvalue weighted by Gasteiger charge is 2.25. The minimum absolute atomic E-state index is 0.275. The number of fused-ring (bicyclic) bond motifs is 1. The van der Waals surface area contributed by atoms with Crippen molar-refractivity contribution in [2.24, 2.45) is 0 Å². The Bertz CT molecular complexity index is 456. The van der Waals surface area contributed by atoms with E-state index < -0.39 is 0 Å². The molecule has 0 amide bonds. The van der Waals surface area contributed by atoms with Gasteiger partial charge in [-0.05, 0) is 37.0 Å². The molecule has 1 aliphatic rings. The molecule has 0 saturated carbocycles. The Hall–Kier alpha value is -0.0900. The van der Waals surface area contributed by atoms with Crippen molar-refractivity contribution < 1.29 is 4.74 Å². The van der Waals surface area contributed by atoms with Gasteiger partial charge in [0.05, 0.1) is 11.6 Å². The zero-order chi connectivity index (χ0) is 14.5. The quantitative estimate of drug-likeness (QED) is 0.745. The van der Waals surface area contributed by atoms with Crippen LogP contribution in [0.4, 0.5) is 0 Å². The van der Waals surface area contributed by atoms with Gasteiger partial charge in [-0.25, -0.2) is 0 Å². The first-order valence-corrected chi connectivity index (χ1v) is 8.98. The monoisotopic (exact) mass is 333 g/mol. The predicted molar refractivity (Wildman–Crippen MR) is 89.5 cm³/mol. The third-order valence-corrected chi connectivity index (χ3v) is 4.88. The number of benzene rings is 1. The summed E-state index contributed by atoms with van der Waals surface area (Å²) in [5, 5.41) is 4.95. The van der Waals surface area contributed by atoms with Crippen molar-refractivity contribution in [1.82, 2.24) is 5.32 Å². The fourth-order valence-corrected chi connectivity index (χ4v) is 3.80. The van der Waals surface area contributed by atoms with Gasteiger partial charge < -0.3 is 10.1 Å². The standard InChI is InChI=1S/C15H21Cl2NOS/c1-3-20-7-5-10(2)18-14-4-6-19-15-12(14)8-11(16)9-13(15)17/h8-10,14,18H,3-7H2,1-2H3. The molecule has 1 aromatic carbocycles. The summed E-state index contributed by atoms with van der Waals surface area (Å²) in [5.41, 5.74) is 1.09. The number of hydrogen-bond donors (Lipinski definition) is 1. The van der Waals surface area contributed by atoms with Crippen LogP contribution in [0.2, 0.25) is 10.0 Å². The highest BCUT2D eigenvalue weighted by atomic mass is 35.5. The second-order valence-electron chi connectivity index (χ2n) is 5.05. The summed E-state index contributed by atoms with van der Waals surface area (Å²) < 4.78 is 5.68. The van der Waals surface area contributed by atoms with Gasteiger partial charge in [-0.3, -0.25) is 0 Å². The number of thioether (sulfide) groups is 1. The first-order valence-electron chi connectivity index (χ1n) is 7.07. The smallest absolute Gasteiger partial charge is 0.142 e. The van der Waals surface area contributed by atoms with E-state index in [2.05, 4.69) is 19.2 Å². The van der Waals surface area contributed by atoms with E-state index in [1.54, 1.807) is 6.07 Å². The SMILES string of the molecule is CCSCCC(C)NC1CCOc2c(Cl)cc(Cl)cc21. The van der Waals surface area contributed by atoms with E-state index in [9.17, 15) is 0 Å². The zero-order valence-corrected chi connectivity index (χ0v) is 14.2. The fourth-order valence-electron chi connectivity index (χ4n) is 2.43. The second kappa shape index (κ2) is 7.79. The molecule has 112 valence electrons. The number of halogens is 2. The minimum Gasteiger partial charge on any atom is -0.492 e. The molecule has 2 nitrogen and oxygen atoms in total. The van der Waals surface area contributed by atoms with Crippen LogP contribution in [0.25, 0.3) is 0 Å². The van der Waals surface area contributed by atoms with Crippen LogP contribution in [0.5, 0.6) is 5.75 Å². The summed E-state index contributed by atoms with van der Waals surface area (Å²) in [6.45, 7) is 5.13. The van der Waals surface area contributed by atoms with Crippen molar-refractivity contribution in [3.05, 3.63) is 27.7 Å². The average Bonchev–Trinajstić information content (AvgIpc) is 2.40. The Labute approximate surface area is 135 Å². The van der Waals surface area contributed by atoms with Gasteiger partial charge in [0.2, 0.25) is 0 Å². The summed E-state index contributed by atoms with van der Waals surface area (Å²) in [5.74, 6) is 3.16. The van der Waals surface area contributed by atoms with Crippen molar-refractivity contribution in [3.63, 3.8) is 0 Å². The van der Waals surface area contributed by atoms with Crippen LogP contribution in [0.1, 0.15) is 38.3 Å². The van der Waals surface area contributed by atoms with Crippen molar-refractivity contribution >= 4 is 35.0 Å². The topological polar surface area (TPSA) is 21.3 Å². The molecule has 0 bridgehead atoms. The van der Waals surface area contributed by atoms with E-state index in [4.69, 9.17) is 27.9 Å². The summed E-state index contributed by atoms with van der Waals surface area (Å²) in [4.78, 5) is 0. The predicted octanol–water partition coefficient (Wildman–Crippen LogP) is 4.94. The van der Waals surface area contributed by atoms with Gasteiger partial charge in [0.1, 0.15) is 5.75 Å². The molecule has 1 aromatic rings. The van der Waals surface area contributed by atoms with Gasteiger partial charge in [0.25, 0.3) is 0 Å². The molecule has 2 atom stereocenters. The Morgan fingerprint density at radius 3 is 3.00 bits per heavy atom. The van der Waals surface area contributed by atoms with Crippen molar-refractivity contribution in [3.8, 4) is 5.75 Å². The molecular weight excluding hydrogens is 313 g/mol. The van der Waals surface area contributed by atoms with Gasteiger partial charge in [-0.15, -0.1) is 0 Å². The maximum absolute atomic E-state index is 6.21. The summed E-state index contributed by atoms with van der Waals surface area (Å²) in [6, 6.07) is 4.46. The van der Waals surface area contributed by atoms with E-state index in [1.165, 1.54) is 17.9 Å². The van der Waals surface area contributed by atoms with Crippen LogP contribution in [0.15, 0.2) is 12.1 Å². The highest BCUT2D eigenvalue weighted by Crippen LogP contribution is 2.40. The molecule has 5 heteroatoms. The maximum Gasteiger partial charge on any atom is 0.142 e. The number of rotatable bonds is 6. The van der Waals surface area contributed by atoms with E-state index >= 15 is 0 Å². The fraction of sp³-hybridized carbons (Fsp3) is 0.600. The van der Waals surface area contributed by atoms with E-state index in [-0.39, 0.29) is 6.04 Å². The van der Waals surface area contributed by atoms with Crippen molar-refractivity contribution in [2.45, 2.75) is 38.8 Å². The van der Waals surface area contributed by atoms with Crippen LogP contribution in [-0.4, -0.2) is 24.2 Å². The molecular formula is C15H21Cl2NOS. The number of nitrogens with one attached hydrogen (secondary N) is 1. The van der Waals surface area contributed by atoms with Crippen LogP contribution >= 0.6 is 35.0 Å². The Kier molecular flexibility index (Phi) is 6.34. The third kappa shape index (κ3) is 4.20. The van der Waals surface area contributed by atoms with Gasteiger partial charge in [0.15, 0.2) is 0 Å². The molecule has 0 spiro atoms. The molecule has 0 radical (unpaired) electrons. The first kappa shape index (κ1) is 16.3. The third-order valence-electron chi connectivity index (χ3n) is 3.45. The summed E-state index contributed by atoms with van der Waals surface area (Å²) in [6.07, 6.45) is 2.12. The molecule has 0 aliphatic carbocycles. The van der Waals surface area contributed by atoms with Crippen LogP contribution in [0, 0.1) is 0 Å². The zero-order valence-electron chi connectivity index (χ0n) is 11.9. The largest absolute Gasteiger partial charge is 0.492 e. The minimum atomic E-state index is 0.275. The van der Waals surface area contributed by atoms with E-state index in [0.29, 0.717) is 22.7 Å². The van der Waals surface area contributed by atoms with Gasteiger partial charge >= 0.3 is 0 Å². The average molecular weight is 334 g/mol. The molecule has 1 N–H and O–H groups in total. The van der Waals surface area contributed by atoms with Crippen molar-refractivity contribution in [2.75, 3.05) is 18.1 Å². The molecule has 20 heavy (non-hydrogen) atoms. The molecule has 1 heterocycles. The Balaban J connectivity index is 2.04. The molecule has 0 saturated heterocycles. The van der Waals surface area contributed by atoms with E-state index in [0.717, 1.165) is 17.7 Å². The Morgan fingerprint density at radius 1 is 1.45 bits per heavy atom. The van der Waals surface area contributed by atoms with Crippen molar-refractivity contribution in [1.29, 1.82) is 0 Å². The first-order chi connectivity index (χ1) is 9.61. The molecule has 0 fully saturated rings. The molecule has 1 aliphatic heterocycles. The van der Waals surface area contributed by atoms with Crippen LogP contribution < -0.4 is 10.1 Å². The lowest BCUT2D eigenvalue weighted by molar-refractivity contribution is 0.245. The lowest BCUT2D eigenvalue weighted by Crippen LogP contribution is -2.34. The lowest BCUT2D eigenvalue weighted by Gasteiger charge is -2.30. The maximum atomic E-state index is 6.21. The van der Waals surface area contributed by atoms with E-state index in [1.807, 2.05) is 17.8 Å². The second-order valence-corrected chi connectivity index (χ2v) is 7.29. The number of ether oxygens (including phenoxy) is 1. The molecule has 2 unspecified atom stereocenters. The highest BCUT2D eigenvalue weighted by molar-refractivity contribution is 7.99.